The van der Waals surface area contributed by atoms with E-state index < -0.39 is 0 Å². The Morgan fingerprint density at radius 1 is 1.00 bits per heavy atom. The molecule has 0 fully saturated rings. The van der Waals surface area contributed by atoms with Gasteiger partial charge in [0.2, 0.25) is 0 Å². The predicted octanol–water partition coefficient (Wildman–Crippen LogP) is 2.48. The minimum Gasteiger partial charge on any atom is -0.379 e. The van der Waals surface area contributed by atoms with Crippen molar-refractivity contribution >= 4 is 0 Å². The van der Waals surface area contributed by atoms with Gasteiger partial charge in [-0.25, -0.2) is 0 Å². The second-order valence-electron chi connectivity index (χ2n) is 4.49. The zero-order valence-corrected chi connectivity index (χ0v) is 9.64. The van der Waals surface area contributed by atoms with Crippen LogP contribution in [-0.4, -0.2) is 26.4 Å². The second-order valence-corrected chi connectivity index (χ2v) is 4.49. The molecule has 0 saturated carbocycles. The van der Waals surface area contributed by atoms with Gasteiger partial charge in [-0.05, 0) is 11.8 Å². The highest BCUT2D eigenvalue weighted by Crippen LogP contribution is 2.17. The van der Waals surface area contributed by atoms with Gasteiger partial charge in [-0.1, -0.05) is 20.8 Å². The van der Waals surface area contributed by atoms with Gasteiger partial charge in [0.05, 0.1) is 19.8 Å². The molecule has 0 amide bonds. The fourth-order valence-corrected chi connectivity index (χ4v) is 0.831. The summed E-state index contributed by atoms with van der Waals surface area (Å²) in [6, 6.07) is 0. The molecule has 0 unspecified atom stereocenters. The molecule has 0 heterocycles. The number of ether oxygens (including phenoxy) is 2. The Morgan fingerprint density at radius 3 is 2.07 bits per heavy atom. The smallest absolute Gasteiger partial charge is 0.0700 e. The fraction of sp³-hybridized carbons (Fsp3) is 0.833. The topological polar surface area (TPSA) is 18.5 Å². The average Bonchev–Trinajstić information content (AvgIpc) is 2.08. The first-order valence-electron chi connectivity index (χ1n) is 5.15. The van der Waals surface area contributed by atoms with E-state index in [4.69, 9.17) is 15.9 Å². The van der Waals surface area contributed by atoms with Crippen molar-refractivity contribution in [2.24, 2.45) is 5.41 Å². The minimum atomic E-state index is 0.352. The Balaban J connectivity index is 3.04. The molecule has 0 aromatic heterocycles. The standard InChI is InChI=1S/C12H22O2/c1-5-6-8-13-10-11-14-9-7-12(2,3)4/h1H,6-11H2,2-4H3. The molecule has 0 aromatic rings. The highest BCUT2D eigenvalue weighted by Gasteiger charge is 2.08. The summed E-state index contributed by atoms with van der Waals surface area (Å²) >= 11 is 0. The van der Waals surface area contributed by atoms with Gasteiger partial charge < -0.3 is 9.47 Å². The molecule has 2 nitrogen and oxygen atoms in total. The van der Waals surface area contributed by atoms with Gasteiger partial charge in [-0.15, -0.1) is 12.3 Å². The lowest BCUT2D eigenvalue weighted by Gasteiger charge is -2.17. The molecule has 82 valence electrons. The van der Waals surface area contributed by atoms with Gasteiger partial charge in [-0.3, -0.25) is 0 Å². The number of terminal acetylenes is 1. The molecule has 0 rings (SSSR count). The summed E-state index contributed by atoms with van der Waals surface area (Å²) < 4.78 is 10.7. The minimum absolute atomic E-state index is 0.352. The van der Waals surface area contributed by atoms with Gasteiger partial charge in [0.1, 0.15) is 0 Å². The van der Waals surface area contributed by atoms with Gasteiger partial charge >= 0.3 is 0 Å². The van der Waals surface area contributed by atoms with Gasteiger partial charge in [0.15, 0.2) is 0 Å². The summed E-state index contributed by atoms with van der Waals surface area (Å²) in [5, 5.41) is 0. The van der Waals surface area contributed by atoms with Crippen molar-refractivity contribution in [2.75, 3.05) is 26.4 Å². The van der Waals surface area contributed by atoms with Crippen LogP contribution in [0.3, 0.4) is 0 Å². The van der Waals surface area contributed by atoms with Crippen LogP contribution < -0.4 is 0 Å². The van der Waals surface area contributed by atoms with Crippen LogP contribution in [0.4, 0.5) is 0 Å². The second kappa shape index (κ2) is 7.84. The zero-order valence-electron chi connectivity index (χ0n) is 9.64. The molecular formula is C12H22O2. The summed E-state index contributed by atoms with van der Waals surface area (Å²) in [6.45, 7) is 9.38. The van der Waals surface area contributed by atoms with Crippen LogP contribution in [0.2, 0.25) is 0 Å². The fourth-order valence-electron chi connectivity index (χ4n) is 0.831. The normalized spacial score (nSPS) is 11.3. The lowest BCUT2D eigenvalue weighted by molar-refractivity contribution is 0.0406. The summed E-state index contributed by atoms with van der Waals surface area (Å²) in [7, 11) is 0. The molecule has 14 heavy (non-hydrogen) atoms. The first kappa shape index (κ1) is 13.5. The van der Waals surface area contributed by atoms with Crippen molar-refractivity contribution in [3.8, 4) is 12.3 Å². The third-order valence-corrected chi connectivity index (χ3v) is 1.76. The quantitative estimate of drug-likeness (QED) is 0.462. The van der Waals surface area contributed by atoms with E-state index in [1.165, 1.54) is 0 Å². The van der Waals surface area contributed by atoms with Gasteiger partial charge in [0, 0.05) is 13.0 Å². The lowest BCUT2D eigenvalue weighted by Crippen LogP contribution is -2.12. The predicted molar refractivity (Wildman–Crippen MR) is 59.2 cm³/mol. The van der Waals surface area contributed by atoms with Crippen molar-refractivity contribution in [1.29, 1.82) is 0 Å². The molecule has 0 aromatic carbocycles. The molecule has 0 N–H and O–H groups in total. The Bertz CT molecular complexity index is 162. The van der Waals surface area contributed by atoms with E-state index in [0.717, 1.165) is 13.0 Å². The maximum Gasteiger partial charge on any atom is 0.0700 e. The molecule has 0 saturated heterocycles. The average molecular weight is 198 g/mol. The summed E-state index contributed by atoms with van der Waals surface area (Å²) in [6.07, 6.45) is 6.84. The van der Waals surface area contributed by atoms with E-state index in [1.807, 2.05) is 0 Å². The van der Waals surface area contributed by atoms with Crippen LogP contribution in [-0.2, 0) is 9.47 Å². The van der Waals surface area contributed by atoms with Crippen molar-refractivity contribution in [1.82, 2.24) is 0 Å². The number of rotatable bonds is 7. The van der Waals surface area contributed by atoms with Crippen molar-refractivity contribution in [2.45, 2.75) is 33.6 Å². The summed E-state index contributed by atoms with van der Waals surface area (Å²) in [5.74, 6) is 2.52. The molecule has 0 radical (unpaired) electrons. The van der Waals surface area contributed by atoms with E-state index in [1.54, 1.807) is 0 Å². The first-order valence-corrected chi connectivity index (χ1v) is 5.15. The van der Waals surface area contributed by atoms with Gasteiger partial charge in [-0.2, -0.15) is 0 Å². The van der Waals surface area contributed by atoms with Crippen LogP contribution in [0, 0.1) is 17.8 Å². The number of hydrogen-bond acceptors (Lipinski definition) is 2. The zero-order chi connectivity index (χ0) is 10.9. The van der Waals surface area contributed by atoms with Crippen LogP contribution in [0.5, 0.6) is 0 Å². The summed E-state index contributed by atoms with van der Waals surface area (Å²) in [5.41, 5.74) is 0.352. The molecule has 0 aliphatic carbocycles. The van der Waals surface area contributed by atoms with Crippen LogP contribution >= 0.6 is 0 Å². The Kier molecular flexibility index (Phi) is 7.55. The first-order chi connectivity index (χ1) is 6.56. The molecule has 0 spiro atoms. The highest BCUT2D eigenvalue weighted by atomic mass is 16.5. The summed E-state index contributed by atoms with van der Waals surface area (Å²) in [4.78, 5) is 0. The SMILES string of the molecule is C#CCCOCCOCCC(C)(C)C. The Labute approximate surface area is 88.0 Å². The molecular weight excluding hydrogens is 176 g/mol. The van der Waals surface area contributed by atoms with Crippen molar-refractivity contribution in [3.05, 3.63) is 0 Å². The monoisotopic (exact) mass is 198 g/mol. The number of hydrogen-bond donors (Lipinski definition) is 0. The van der Waals surface area contributed by atoms with Crippen LogP contribution in [0.25, 0.3) is 0 Å². The van der Waals surface area contributed by atoms with E-state index >= 15 is 0 Å². The van der Waals surface area contributed by atoms with Crippen molar-refractivity contribution in [3.63, 3.8) is 0 Å². The van der Waals surface area contributed by atoms with Gasteiger partial charge in [0.25, 0.3) is 0 Å². The molecule has 0 aliphatic rings. The molecule has 0 aliphatic heterocycles. The Hall–Kier alpha value is -0.520. The Morgan fingerprint density at radius 2 is 1.57 bits per heavy atom. The van der Waals surface area contributed by atoms with E-state index in [0.29, 0.717) is 31.7 Å². The van der Waals surface area contributed by atoms with E-state index in [-0.39, 0.29) is 0 Å². The largest absolute Gasteiger partial charge is 0.379 e. The third kappa shape index (κ3) is 11.5. The third-order valence-electron chi connectivity index (χ3n) is 1.76. The maximum absolute atomic E-state index is 5.41. The highest BCUT2D eigenvalue weighted by molar-refractivity contribution is 4.82. The molecule has 0 atom stereocenters. The van der Waals surface area contributed by atoms with E-state index in [2.05, 4.69) is 26.7 Å². The lowest BCUT2D eigenvalue weighted by atomic mass is 9.93. The van der Waals surface area contributed by atoms with Crippen molar-refractivity contribution < 1.29 is 9.47 Å². The molecule has 0 bridgehead atoms. The van der Waals surface area contributed by atoms with E-state index in [9.17, 15) is 0 Å². The van der Waals surface area contributed by atoms with Crippen LogP contribution in [0.1, 0.15) is 33.6 Å². The maximum atomic E-state index is 5.41. The van der Waals surface area contributed by atoms with Crippen LogP contribution in [0.15, 0.2) is 0 Å². The molecule has 2 heteroatoms.